The Morgan fingerprint density at radius 3 is 2.48 bits per heavy atom. The molecule has 2 aromatic carbocycles. The van der Waals surface area contributed by atoms with Crippen molar-refractivity contribution in [3.63, 3.8) is 0 Å². The van der Waals surface area contributed by atoms with Gasteiger partial charge in [0.05, 0.1) is 19.3 Å². The zero-order chi connectivity index (χ0) is 19.2. The van der Waals surface area contributed by atoms with Crippen LogP contribution in [0.15, 0.2) is 60.9 Å². The molecule has 3 rings (SSSR count). The summed E-state index contributed by atoms with van der Waals surface area (Å²) in [5, 5.41) is 3.63. The highest BCUT2D eigenvalue weighted by Crippen LogP contribution is 2.29. The molecule has 5 nitrogen and oxygen atoms in total. The van der Waals surface area contributed by atoms with Crippen LogP contribution in [-0.4, -0.2) is 22.8 Å². The Kier molecular flexibility index (Phi) is 6.14. The van der Waals surface area contributed by atoms with Crippen LogP contribution in [0.4, 0.5) is 0 Å². The second-order valence-electron chi connectivity index (χ2n) is 6.77. The number of methoxy groups -OCH3 is 1. The zero-order valence-electron chi connectivity index (χ0n) is 16.3. The van der Waals surface area contributed by atoms with Crippen molar-refractivity contribution in [2.45, 2.75) is 32.5 Å². The fourth-order valence-electron chi connectivity index (χ4n) is 3.05. The minimum absolute atomic E-state index is 0.00351. The highest BCUT2D eigenvalue weighted by Gasteiger charge is 2.18. The molecule has 0 radical (unpaired) electrons. The van der Waals surface area contributed by atoms with E-state index in [1.54, 1.807) is 7.11 Å². The van der Waals surface area contributed by atoms with E-state index in [0.717, 1.165) is 22.9 Å². The van der Waals surface area contributed by atoms with Crippen LogP contribution in [0, 0.1) is 0 Å². The molecule has 0 saturated carbocycles. The molecule has 0 aliphatic heterocycles. The molecule has 0 amide bonds. The van der Waals surface area contributed by atoms with E-state index < -0.39 is 0 Å². The van der Waals surface area contributed by atoms with Crippen molar-refractivity contribution in [1.29, 1.82) is 0 Å². The first-order valence-electron chi connectivity index (χ1n) is 9.17. The van der Waals surface area contributed by atoms with Gasteiger partial charge in [-0.1, -0.05) is 36.4 Å². The molecule has 1 aromatic heterocycles. The lowest BCUT2D eigenvalue weighted by atomic mass is 10.1. The normalized spacial score (nSPS) is 12.2. The van der Waals surface area contributed by atoms with Crippen LogP contribution >= 0.6 is 0 Å². The van der Waals surface area contributed by atoms with Crippen molar-refractivity contribution in [3.8, 4) is 11.5 Å². The molecule has 0 unspecified atom stereocenters. The van der Waals surface area contributed by atoms with Crippen molar-refractivity contribution in [3.05, 3.63) is 77.9 Å². The molecule has 0 spiro atoms. The fourth-order valence-corrected chi connectivity index (χ4v) is 3.05. The summed E-state index contributed by atoms with van der Waals surface area (Å²) in [5.41, 5.74) is 2.30. The summed E-state index contributed by atoms with van der Waals surface area (Å²) < 4.78 is 13.3. The standard InChI is InChI=1S/C22H27N3O2/c1-16(2)27-19-11-10-17(14-20(19)26-4)15-24-21(18-8-6-5-7-9-18)22-23-12-13-25(22)3/h5-14,16,21,24H,15H2,1-4H3/t21-/m1/s1. The highest BCUT2D eigenvalue weighted by atomic mass is 16.5. The summed E-state index contributed by atoms with van der Waals surface area (Å²) >= 11 is 0. The van der Waals surface area contributed by atoms with Crippen LogP contribution in [0.3, 0.4) is 0 Å². The van der Waals surface area contributed by atoms with Crippen LogP contribution in [0.1, 0.15) is 36.8 Å². The number of nitrogens with zero attached hydrogens (tertiary/aromatic N) is 2. The lowest BCUT2D eigenvalue weighted by molar-refractivity contribution is 0.230. The Hall–Kier alpha value is -2.79. The second kappa shape index (κ2) is 8.73. The maximum atomic E-state index is 5.80. The van der Waals surface area contributed by atoms with Gasteiger partial charge in [0.15, 0.2) is 11.5 Å². The van der Waals surface area contributed by atoms with Gasteiger partial charge in [-0.2, -0.15) is 0 Å². The quantitative estimate of drug-likeness (QED) is 0.653. The number of rotatable bonds is 8. The maximum absolute atomic E-state index is 5.80. The first kappa shape index (κ1) is 19.0. The van der Waals surface area contributed by atoms with Gasteiger partial charge in [0.25, 0.3) is 0 Å². The van der Waals surface area contributed by atoms with Crippen LogP contribution in [0.5, 0.6) is 11.5 Å². The lowest BCUT2D eigenvalue weighted by Gasteiger charge is -2.20. The van der Waals surface area contributed by atoms with E-state index in [9.17, 15) is 0 Å². The minimum atomic E-state index is 0.00351. The van der Waals surface area contributed by atoms with Gasteiger partial charge in [-0.05, 0) is 37.1 Å². The second-order valence-corrected chi connectivity index (χ2v) is 6.77. The van der Waals surface area contributed by atoms with Gasteiger partial charge >= 0.3 is 0 Å². The Balaban J connectivity index is 1.81. The van der Waals surface area contributed by atoms with E-state index >= 15 is 0 Å². The number of aryl methyl sites for hydroxylation is 1. The molecule has 0 bridgehead atoms. The summed E-state index contributed by atoms with van der Waals surface area (Å²) in [7, 11) is 3.68. The van der Waals surface area contributed by atoms with E-state index in [4.69, 9.17) is 9.47 Å². The van der Waals surface area contributed by atoms with Gasteiger partial charge in [-0.3, -0.25) is 5.32 Å². The van der Waals surface area contributed by atoms with E-state index in [0.29, 0.717) is 6.54 Å². The highest BCUT2D eigenvalue weighted by molar-refractivity contribution is 5.43. The van der Waals surface area contributed by atoms with Crippen LogP contribution < -0.4 is 14.8 Å². The number of nitrogens with one attached hydrogen (secondary N) is 1. The molecule has 3 aromatic rings. The molecule has 1 atom stereocenters. The van der Waals surface area contributed by atoms with Gasteiger partial charge in [-0.15, -0.1) is 0 Å². The number of benzene rings is 2. The van der Waals surface area contributed by atoms with Crippen LogP contribution in [-0.2, 0) is 13.6 Å². The molecule has 0 aliphatic rings. The summed E-state index contributed by atoms with van der Waals surface area (Å²) in [6.07, 6.45) is 3.90. The number of hydrogen-bond donors (Lipinski definition) is 1. The molecular formula is C22H27N3O2. The number of ether oxygens (including phenoxy) is 2. The number of imidazole rings is 1. The molecule has 1 N–H and O–H groups in total. The molecule has 5 heteroatoms. The number of hydrogen-bond acceptors (Lipinski definition) is 4. The van der Waals surface area contributed by atoms with Crippen LogP contribution in [0.2, 0.25) is 0 Å². The predicted octanol–water partition coefficient (Wildman–Crippen LogP) is 4.10. The Labute approximate surface area is 161 Å². The molecule has 0 saturated heterocycles. The SMILES string of the molecule is COc1cc(CN[C@H](c2ccccc2)c2nccn2C)ccc1OC(C)C. The molecule has 0 aliphatic carbocycles. The third-order valence-electron chi connectivity index (χ3n) is 4.35. The topological polar surface area (TPSA) is 48.3 Å². The predicted molar refractivity (Wildman–Crippen MR) is 107 cm³/mol. The Morgan fingerprint density at radius 2 is 1.85 bits per heavy atom. The summed E-state index contributed by atoms with van der Waals surface area (Å²) in [6, 6.07) is 16.4. The van der Waals surface area contributed by atoms with Crippen molar-refractivity contribution in [2.75, 3.05) is 7.11 Å². The average Bonchev–Trinajstić information content (AvgIpc) is 3.09. The molecule has 142 valence electrons. The maximum Gasteiger partial charge on any atom is 0.161 e. The summed E-state index contributed by atoms with van der Waals surface area (Å²) in [5.74, 6) is 2.49. The summed E-state index contributed by atoms with van der Waals surface area (Å²) in [4.78, 5) is 4.54. The Bertz CT molecular complexity index is 859. The molecular weight excluding hydrogens is 338 g/mol. The third kappa shape index (κ3) is 4.68. The van der Waals surface area contributed by atoms with Gasteiger partial charge in [-0.25, -0.2) is 4.98 Å². The molecule has 0 fully saturated rings. The van der Waals surface area contributed by atoms with Gasteiger partial charge in [0.2, 0.25) is 0 Å². The zero-order valence-corrected chi connectivity index (χ0v) is 16.3. The average molecular weight is 365 g/mol. The lowest BCUT2D eigenvalue weighted by Crippen LogP contribution is -2.24. The van der Waals surface area contributed by atoms with Gasteiger partial charge in [0, 0.05) is 26.0 Å². The van der Waals surface area contributed by atoms with Gasteiger partial charge in [0.1, 0.15) is 5.82 Å². The molecule has 1 heterocycles. The van der Waals surface area contributed by atoms with Crippen molar-refractivity contribution < 1.29 is 9.47 Å². The number of aromatic nitrogens is 2. The first-order chi connectivity index (χ1) is 13.1. The summed E-state index contributed by atoms with van der Waals surface area (Å²) in [6.45, 7) is 4.70. The van der Waals surface area contributed by atoms with E-state index in [1.807, 2.05) is 68.2 Å². The van der Waals surface area contributed by atoms with E-state index in [-0.39, 0.29) is 12.1 Å². The smallest absolute Gasteiger partial charge is 0.161 e. The monoisotopic (exact) mass is 365 g/mol. The molecule has 27 heavy (non-hydrogen) atoms. The third-order valence-corrected chi connectivity index (χ3v) is 4.35. The fraction of sp³-hybridized carbons (Fsp3) is 0.318. The van der Waals surface area contributed by atoms with Crippen LogP contribution in [0.25, 0.3) is 0 Å². The van der Waals surface area contributed by atoms with E-state index in [2.05, 4.69) is 28.5 Å². The van der Waals surface area contributed by atoms with Gasteiger partial charge < -0.3 is 14.0 Å². The Morgan fingerprint density at radius 1 is 1.07 bits per heavy atom. The van der Waals surface area contributed by atoms with Crippen molar-refractivity contribution >= 4 is 0 Å². The van der Waals surface area contributed by atoms with Crippen molar-refractivity contribution in [1.82, 2.24) is 14.9 Å². The van der Waals surface area contributed by atoms with Crippen molar-refractivity contribution in [2.24, 2.45) is 7.05 Å². The largest absolute Gasteiger partial charge is 0.493 e. The minimum Gasteiger partial charge on any atom is -0.493 e. The first-order valence-corrected chi connectivity index (χ1v) is 9.17. The van der Waals surface area contributed by atoms with E-state index in [1.165, 1.54) is 5.56 Å².